The van der Waals surface area contributed by atoms with Crippen molar-refractivity contribution in [2.75, 3.05) is 6.54 Å². The van der Waals surface area contributed by atoms with Gasteiger partial charge in [0, 0.05) is 6.54 Å². The van der Waals surface area contributed by atoms with Crippen molar-refractivity contribution in [3.8, 4) is 0 Å². The Morgan fingerprint density at radius 3 is 2.00 bits per heavy atom. The lowest BCUT2D eigenvalue weighted by atomic mass is 10.1. The number of benzene rings is 1. The van der Waals surface area contributed by atoms with Crippen LogP contribution in [0.2, 0.25) is 0 Å². The molecule has 1 aromatic carbocycles. The fourth-order valence-corrected chi connectivity index (χ4v) is 3.77. The minimum absolute atomic E-state index is 0.134. The molecule has 0 bridgehead atoms. The topological polar surface area (TPSA) is 72.2 Å². The van der Waals surface area contributed by atoms with E-state index in [1.54, 1.807) is 37.6 Å². The minimum atomic E-state index is -4.73. The first-order chi connectivity index (χ1) is 8.99. The summed E-state index contributed by atoms with van der Waals surface area (Å²) in [5, 5.41) is 0. The number of aryl methyl sites for hydroxylation is 3. The highest BCUT2D eigenvalue weighted by Crippen LogP contribution is 2.25. The van der Waals surface area contributed by atoms with Gasteiger partial charge in [-0.05, 0) is 31.9 Å². The van der Waals surface area contributed by atoms with Crippen molar-refractivity contribution in [1.29, 1.82) is 0 Å². The zero-order valence-electron chi connectivity index (χ0n) is 11.4. The average molecular weight is 310 g/mol. The van der Waals surface area contributed by atoms with E-state index in [0.717, 1.165) is 5.56 Å². The molecule has 0 aliphatic rings. The summed E-state index contributed by atoms with van der Waals surface area (Å²) < 4.78 is 63.8. The highest BCUT2D eigenvalue weighted by molar-refractivity contribution is 7.89. The van der Waals surface area contributed by atoms with Gasteiger partial charge in [-0.1, -0.05) is 17.7 Å². The van der Waals surface area contributed by atoms with E-state index < -0.39 is 28.8 Å². The molecule has 0 aromatic heterocycles. The summed E-state index contributed by atoms with van der Waals surface area (Å²) in [6, 6.07) is 0.909. The first kappa shape index (κ1) is 16.9. The Hall–Kier alpha value is -1.12. The number of hydrogen-bond donors (Lipinski definition) is 2. The first-order valence-electron chi connectivity index (χ1n) is 5.86. The Morgan fingerprint density at radius 2 is 1.65 bits per heavy atom. The molecule has 1 rings (SSSR count). The molecule has 0 amide bonds. The Morgan fingerprint density at radius 1 is 1.20 bits per heavy atom. The monoisotopic (exact) mass is 310 g/mol. The molecule has 4 nitrogen and oxygen atoms in total. The number of alkyl halides is 3. The molecule has 0 saturated heterocycles. The zero-order valence-corrected chi connectivity index (χ0v) is 12.2. The maximum Gasteiger partial charge on any atom is 0.406 e. The highest BCUT2D eigenvalue weighted by Gasteiger charge is 2.41. The molecule has 1 aromatic rings. The lowest BCUT2D eigenvalue weighted by molar-refractivity contribution is -0.148. The van der Waals surface area contributed by atoms with Crippen LogP contribution in [-0.2, 0) is 10.0 Å². The van der Waals surface area contributed by atoms with Crippen LogP contribution < -0.4 is 10.5 Å². The third kappa shape index (κ3) is 3.71. The van der Waals surface area contributed by atoms with Crippen molar-refractivity contribution >= 4 is 10.0 Å². The van der Waals surface area contributed by atoms with Crippen LogP contribution in [0, 0.1) is 20.8 Å². The van der Waals surface area contributed by atoms with E-state index in [-0.39, 0.29) is 4.90 Å². The second-order valence-corrected chi connectivity index (χ2v) is 6.33. The second-order valence-electron chi connectivity index (χ2n) is 4.68. The van der Waals surface area contributed by atoms with Crippen LogP contribution in [0.4, 0.5) is 13.2 Å². The SMILES string of the molecule is Cc1cc(C)c(S(=O)(=O)NC(CN)C(F)(F)F)c(C)c1. The number of halogens is 3. The van der Waals surface area contributed by atoms with Gasteiger partial charge in [-0.3, -0.25) is 0 Å². The lowest BCUT2D eigenvalue weighted by Crippen LogP contribution is -2.50. The zero-order chi connectivity index (χ0) is 15.7. The maximum atomic E-state index is 12.6. The average Bonchev–Trinajstić information content (AvgIpc) is 2.22. The predicted octanol–water partition coefficient (Wildman–Crippen LogP) is 1.78. The fourth-order valence-electron chi connectivity index (χ4n) is 2.09. The quantitative estimate of drug-likeness (QED) is 0.890. The van der Waals surface area contributed by atoms with Gasteiger partial charge in [0.05, 0.1) is 4.90 Å². The van der Waals surface area contributed by atoms with Gasteiger partial charge in [-0.25, -0.2) is 8.42 Å². The Balaban J connectivity index is 3.25. The van der Waals surface area contributed by atoms with Crippen LogP contribution in [0.25, 0.3) is 0 Å². The summed E-state index contributed by atoms with van der Waals surface area (Å²) in [7, 11) is -4.28. The van der Waals surface area contributed by atoms with Gasteiger partial charge < -0.3 is 5.73 Å². The van der Waals surface area contributed by atoms with E-state index in [0.29, 0.717) is 11.1 Å². The van der Waals surface area contributed by atoms with E-state index in [1.807, 2.05) is 0 Å². The second kappa shape index (κ2) is 5.71. The molecular formula is C12H17F3N2O2S. The van der Waals surface area contributed by atoms with Crippen molar-refractivity contribution in [2.24, 2.45) is 5.73 Å². The van der Waals surface area contributed by atoms with Gasteiger partial charge in [0.25, 0.3) is 0 Å². The molecule has 8 heteroatoms. The molecule has 0 aliphatic heterocycles. The molecule has 0 radical (unpaired) electrons. The molecule has 0 saturated carbocycles. The molecule has 1 atom stereocenters. The van der Waals surface area contributed by atoms with Crippen LogP contribution in [0.3, 0.4) is 0 Å². The number of sulfonamides is 1. The molecule has 3 N–H and O–H groups in total. The number of hydrogen-bond acceptors (Lipinski definition) is 3. The maximum absolute atomic E-state index is 12.6. The third-order valence-corrected chi connectivity index (χ3v) is 4.58. The van der Waals surface area contributed by atoms with Crippen molar-refractivity contribution in [1.82, 2.24) is 4.72 Å². The van der Waals surface area contributed by atoms with Gasteiger partial charge in [0.1, 0.15) is 6.04 Å². The summed E-state index contributed by atoms with van der Waals surface area (Å²) in [5.74, 6) is 0. The van der Waals surface area contributed by atoms with Crippen molar-refractivity contribution in [3.05, 3.63) is 28.8 Å². The third-order valence-electron chi connectivity index (χ3n) is 2.80. The van der Waals surface area contributed by atoms with Gasteiger partial charge in [0.2, 0.25) is 10.0 Å². The lowest BCUT2D eigenvalue weighted by Gasteiger charge is -2.21. The van der Waals surface area contributed by atoms with E-state index >= 15 is 0 Å². The Bertz CT molecular complexity index is 574. The first-order valence-corrected chi connectivity index (χ1v) is 7.34. The Kier molecular flexibility index (Phi) is 4.83. The molecule has 0 heterocycles. The van der Waals surface area contributed by atoms with Gasteiger partial charge in [-0.2, -0.15) is 17.9 Å². The molecule has 0 spiro atoms. The van der Waals surface area contributed by atoms with Gasteiger partial charge in [-0.15, -0.1) is 0 Å². The van der Waals surface area contributed by atoms with Crippen LogP contribution in [0.1, 0.15) is 16.7 Å². The summed E-state index contributed by atoms with van der Waals surface area (Å²) in [5.41, 5.74) is 6.63. The molecular weight excluding hydrogens is 293 g/mol. The van der Waals surface area contributed by atoms with E-state index in [2.05, 4.69) is 0 Å². The minimum Gasteiger partial charge on any atom is -0.329 e. The van der Waals surface area contributed by atoms with Gasteiger partial charge >= 0.3 is 6.18 Å². The van der Waals surface area contributed by atoms with Crippen molar-refractivity contribution < 1.29 is 21.6 Å². The number of rotatable bonds is 4. The molecule has 114 valence electrons. The van der Waals surface area contributed by atoms with Gasteiger partial charge in [0.15, 0.2) is 0 Å². The van der Waals surface area contributed by atoms with Crippen LogP contribution in [0.5, 0.6) is 0 Å². The van der Waals surface area contributed by atoms with Crippen LogP contribution in [-0.4, -0.2) is 27.2 Å². The fraction of sp³-hybridized carbons (Fsp3) is 0.500. The van der Waals surface area contributed by atoms with Crippen LogP contribution >= 0.6 is 0 Å². The molecule has 0 aliphatic carbocycles. The molecule has 0 fully saturated rings. The number of nitrogens with two attached hydrogens (primary N) is 1. The smallest absolute Gasteiger partial charge is 0.329 e. The largest absolute Gasteiger partial charge is 0.406 e. The van der Waals surface area contributed by atoms with Crippen molar-refractivity contribution in [2.45, 2.75) is 37.9 Å². The molecule has 20 heavy (non-hydrogen) atoms. The van der Waals surface area contributed by atoms with E-state index in [4.69, 9.17) is 5.73 Å². The summed E-state index contributed by atoms with van der Waals surface area (Å²) in [6.07, 6.45) is -4.73. The van der Waals surface area contributed by atoms with Crippen molar-refractivity contribution in [3.63, 3.8) is 0 Å². The predicted molar refractivity (Wildman–Crippen MR) is 69.9 cm³/mol. The summed E-state index contributed by atoms with van der Waals surface area (Å²) >= 11 is 0. The van der Waals surface area contributed by atoms with E-state index in [9.17, 15) is 21.6 Å². The van der Waals surface area contributed by atoms with E-state index in [1.165, 1.54) is 0 Å². The molecule has 1 unspecified atom stereocenters. The highest BCUT2D eigenvalue weighted by atomic mass is 32.2. The summed E-state index contributed by atoms with van der Waals surface area (Å²) in [4.78, 5) is -0.134. The van der Waals surface area contributed by atoms with Crippen LogP contribution in [0.15, 0.2) is 17.0 Å². The Labute approximate surface area is 116 Å². The standard InChI is InChI=1S/C12H17F3N2O2S/c1-7-4-8(2)11(9(3)5-7)20(18,19)17-10(6-16)12(13,14)15/h4-5,10,17H,6,16H2,1-3H3. The normalized spacial score (nSPS) is 14.3. The summed E-state index contributed by atoms with van der Waals surface area (Å²) in [6.45, 7) is 4.01. The number of nitrogens with one attached hydrogen (secondary N) is 1.